The molecule has 4 aromatic heterocycles. The van der Waals surface area contributed by atoms with Crippen LogP contribution in [-0.4, -0.2) is 73.1 Å². The molecular formula is C25H30N10O3Si. The van der Waals surface area contributed by atoms with Gasteiger partial charge in [-0.05, 0) is 12.1 Å². The Labute approximate surface area is 225 Å². The lowest BCUT2D eigenvalue weighted by molar-refractivity contribution is 0.0690. The van der Waals surface area contributed by atoms with Crippen LogP contribution in [0.5, 0.6) is 0 Å². The van der Waals surface area contributed by atoms with E-state index in [-0.39, 0.29) is 12.1 Å². The van der Waals surface area contributed by atoms with Gasteiger partial charge >= 0.3 is 5.97 Å². The molecule has 0 aliphatic carbocycles. The Morgan fingerprint density at radius 3 is 2.69 bits per heavy atom. The van der Waals surface area contributed by atoms with Crippen molar-refractivity contribution in [2.45, 2.75) is 44.4 Å². The van der Waals surface area contributed by atoms with Gasteiger partial charge in [-0.1, -0.05) is 19.6 Å². The Kier molecular flexibility index (Phi) is 6.79. The fraction of sp³-hybridized carbons (Fsp3) is 0.400. The summed E-state index contributed by atoms with van der Waals surface area (Å²) in [5.41, 5.74) is 7.67. The van der Waals surface area contributed by atoms with E-state index in [0.717, 1.165) is 17.1 Å². The van der Waals surface area contributed by atoms with Crippen molar-refractivity contribution in [3.05, 3.63) is 42.9 Å². The van der Waals surface area contributed by atoms with Crippen molar-refractivity contribution in [3.63, 3.8) is 0 Å². The zero-order valence-corrected chi connectivity index (χ0v) is 23.1. The fourth-order valence-electron chi connectivity index (χ4n) is 4.58. The molecule has 5 rings (SSSR count). The molecule has 1 aliphatic rings. The van der Waals surface area contributed by atoms with Gasteiger partial charge in [-0.3, -0.25) is 4.68 Å². The minimum Gasteiger partial charge on any atom is -0.476 e. The van der Waals surface area contributed by atoms with Gasteiger partial charge in [0.1, 0.15) is 30.1 Å². The lowest BCUT2D eigenvalue weighted by Gasteiger charge is -2.49. The predicted molar refractivity (Wildman–Crippen MR) is 147 cm³/mol. The first-order valence-corrected chi connectivity index (χ1v) is 16.2. The van der Waals surface area contributed by atoms with Crippen molar-refractivity contribution < 1.29 is 14.6 Å². The van der Waals surface area contributed by atoms with Gasteiger partial charge in [-0.15, -0.1) is 0 Å². The van der Waals surface area contributed by atoms with Gasteiger partial charge in [-0.2, -0.15) is 10.4 Å². The van der Waals surface area contributed by atoms with Crippen molar-refractivity contribution in [2.24, 2.45) is 0 Å². The molecule has 0 spiro atoms. The average Bonchev–Trinajstić information content (AvgIpc) is 3.47. The van der Waals surface area contributed by atoms with E-state index < -0.39 is 19.6 Å². The van der Waals surface area contributed by atoms with Crippen LogP contribution in [0.2, 0.25) is 25.7 Å². The van der Waals surface area contributed by atoms with Gasteiger partial charge in [-0.25, -0.2) is 24.7 Å². The van der Waals surface area contributed by atoms with Gasteiger partial charge in [0.2, 0.25) is 0 Å². The minimum absolute atomic E-state index is 0.129. The second kappa shape index (κ2) is 10.1. The molecule has 0 unspecified atom stereocenters. The number of nitrogen functional groups attached to an aromatic ring is 1. The predicted octanol–water partition coefficient (Wildman–Crippen LogP) is 2.81. The molecule has 1 aliphatic heterocycles. The Balaban J connectivity index is 1.37. The van der Waals surface area contributed by atoms with E-state index in [1.165, 1.54) is 18.7 Å². The largest absolute Gasteiger partial charge is 0.476 e. The summed E-state index contributed by atoms with van der Waals surface area (Å²) in [7, 11) is -1.17. The molecule has 5 heterocycles. The summed E-state index contributed by atoms with van der Waals surface area (Å²) in [5, 5.41) is 24.1. The maximum absolute atomic E-state index is 11.1. The Bertz CT molecular complexity index is 1550. The van der Waals surface area contributed by atoms with Crippen LogP contribution in [0.15, 0.2) is 37.2 Å². The molecule has 14 heteroatoms. The summed E-state index contributed by atoms with van der Waals surface area (Å²) < 4.78 is 9.60. The summed E-state index contributed by atoms with van der Waals surface area (Å²) in [6.45, 7) is 8.94. The van der Waals surface area contributed by atoms with E-state index in [1.54, 1.807) is 4.68 Å². The van der Waals surface area contributed by atoms with E-state index in [9.17, 15) is 10.1 Å². The number of aromatic nitrogens is 7. The highest BCUT2D eigenvalue weighted by molar-refractivity contribution is 6.76. The second-order valence-corrected chi connectivity index (χ2v) is 16.6. The highest BCUT2D eigenvalue weighted by atomic mass is 28.3. The van der Waals surface area contributed by atoms with Crippen LogP contribution in [0, 0.1) is 11.3 Å². The summed E-state index contributed by atoms with van der Waals surface area (Å²) >= 11 is 0. The first-order valence-electron chi connectivity index (χ1n) is 12.5. The maximum atomic E-state index is 11.1. The van der Waals surface area contributed by atoms with Crippen molar-refractivity contribution in [2.75, 3.05) is 30.3 Å². The maximum Gasteiger partial charge on any atom is 0.356 e. The Morgan fingerprint density at radius 2 is 2.03 bits per heavy atom. The summed E-state index contributed by atoms with van der Waals surface area (Å²) in [5.74, 6) is -0.310. The highest BCUT2D eigenvalue weighted by Crippen LogP contribution is 2.38. The molecule has 0 aromatic carbocycles. The minimum atomic E-state index is -1.17. The molecule has 0 atom stereocenters. The van der Waals surface area contributed by atoms with Gasteiger partial charge in [0.05, 0.1) is 36.1 Å². The third-order valence-corrected chi connectivity index (χ3v) is 8.53. The van der Waals surface area contributed by atoms with Crippen LogP contribution in [-0.2, 0) is 17.0 Å². The second-order valence-electron chi connectivity index (χ2n) is 10.9. The molecule has 0 saturated carbocycles. The van der Waals surface area contributed by atoms with Crippen molar-refractivity contribution >= 4 is 36.7 Å². The summed E-state index contributed by atoms with van der Waals surface area (Å²) in [6, 6.07) is 5.29. The smallest absolute Gasteiger partial charge is 0.356 e. The Hall–Kier alpha value is -4.35. The van der Waals surface area contributed by atoms with E-state index in [1.807, 2.05) is 27.9 Å². The molecular weight excluding hydrogens is 516 g/mol. The molecule has 39 heavy (non-hydrogen) atoms. The number of hydrogen-bond acceptors (Lipinski definition) is 10. The highest BCUT2D eigenvalue weighted by Gasteiger charge is 2.46. The molecule has 4 aromatic rings. The molecule has 0 bridgehead atoms. The number of anilines is 2. The lowest BCUT2D eigenvalue weighted by Crippen LogP contribution is -2.63. The van der Waals surface area contributed by atoms with Gasteiger partial charge in [0, 0.05) is 45.6 Å². The van der Waals surface area contributed by atoms with Crippen LogP contribution >= 0.6 is 0 Å². The first kappa shape index (κ1) is 26.3. The molecule has 0 amide bonds. The lowest BCUT2D eigenvalue weighted by atomic mass is 9.87. The van der Waals surface area contributed by atoms with Crippen LogP contribution < -0.4 is 10.6 Å². The van der Waals surface area contributed by atoms with Crippen molar-refractivity contribution in [1.29, 1.82) is 5.26 Å². The number of rotatable bonds is 10. The number of fused-ring (bicyclic) bond motifs is 1. The topological polar surface area (TPSA) is 174 Å². The quantitative estimate of drug-likeness (QED) is 0.221. The van der Waals surface area contributed by atoms with E-state index in [2.05, 4.69) is 50.7 Å². The van der Waals surface area contributed by atoms with Gasteiger partial charge in [0.15, 0.2) is 11.5 Å². The van der Waals surface area contributed by atoms with Crippen LogP contribution in [0.25, 0.3) is 22.3 Å². The number of nitrogens with zero attached hydrogens (tertiary/aromatic N) is 9. The molecule has 0 radical (unpaired) electrons. The Morgan fingerprint density at radius 1 is 1.23 bits per heavy atom. The van der Waals surface area contributed by atoms with E-state index >= 15 is 0 Å². The van der Waals surface area contributed by atoms with Crippen molar-refractivity contribution in [1.82, 2.24) is 34.3 Å². The molecule has 1 fully saturated rings. The SMILES string of the molecule is C[Si](C)(C)CCOCn1ccc2c(-c3cn(C4(CC#N)CN(c5cnc(C(=O)O)cn5)C4)nc3N)ncnc21. The molecule has 3 N–H and O–H groups in total. The number of nitriles is 1. The summed E-state index contributed by atoms with van der Waals surface area (Å²) in [4.78, 5) is 30.1. The van der Waals surface area contributed by atoms with E-state index in [4.69, 9.17) is 15.6 Å². The van der Waals surface area contributed by atoms with Gasteiger partial charge in [0.25, 0.3) is 0 Å². The number of ether oxygens (including phenoxy) is 1. The molecule has 13 nitrogen and oxygen atoms in total. The number of carboxylic acid groups (broad SMARTS) is 1. The third kappa shape index (κ3) is 5.18. The number of nitrogens with two attached hydrogens (primary N) is 1. The van der Waals surface area contributed by atoms with E-state index in [0.29, 0.717) is 49.3 Å². The summed E-state index contributed by atoms with van der Waals surface area (Å²) in [6.07, 6.45) is 8.09. The number of hydrogen-bond donors (Lipinski definition) is 2. The third-order valence-electron chi connectivity index (χ3n) is 6.83. The van der Waals surface area contributed by atoms with Crippen LogP contribution in [0.1, 0.15) is 16.9 Å². The fourth-order valence-corrected chi connectivity index (χ4v) is 5.34. The van der Waals surface area contributed by atoms with Crippen LogP contribution in [0.4, 0.5) is 11.6 Å². The zero-order valence-electron chi connectivity index (χ0n) is 22.1. The molecule has 1 saturated heterocycles. The van der Waals surface area contributed by atoms with Gasteiger partial charge < -0.3 is 25.0 Å². The standard InChI is InChI=1S/C25H30N10O3Si/c1-39(2,3)9-8-38-16-33-7-4-17-21(30-15-31-23(17)33)18-12-35(32-22(18)27)25(5-6-26)13-34(14-25)20-11-28-19(10-29-20)24(36)37/h4,7,10-12,15H,5,8-9,13-14,16H2,1-3H3,(H2,27,32)(H,36,37). The number of aromatic carboxylic acids is 1. The number of carbonyl (C=O) groups is 1. The molecule has 202 valence electrons. The normalized spacial score (nSPS) is 14.8. The van der Waals surface area contributed by atoms with Crippen LogP contribution in [0.3, 0.4) is 0 Å². The monoisotopic (exact) mass is 546 g/mol. The average molecular weight is 547 g/mol. The zero-order chi connectivity index (χ0) is 27.8. The van der Waals surface area contributed by atoms with Crippen molar-refractivity contribution in [3.8, 4) is 17.3 Å². The number of carboxylic acids is 1. The first-order chi connectivity index (χ1) is 18.6.